The standard InChI is InChI=1S/C11H12N2O/c1-8-4-9(2)7-13(6-8)11(5-12)10(3)14/h4,6-7H,1-3H3/p+1/b11-10+. The van der Waals surface area contributed by atoms with Crippen molar-refractivity contribution in [1.29, 1.82) is 5.26 Å². The van der Waals surface area contributed by atoms with Gasteiger partial charge in [-0.3, -0.25) is 0 Å². The van der Waals surface area contributed by atoms with E-state index < -0.39 is 0 Å². The zero-order valence-electron chi connectivity index (χ0n) is 8.57. The van der Waals surface area contributed by atoms with Gasteiger partial charge in [0.05, 0.1) is 0 Å². The summed E-state index contributed by atoms with van der Waals surface area (Å²) in [5, 5.41) is 18.1. The molecule has 0 unspecified atom stereocenters. The van der Waals surface area contributed by atoms with Crippen LogP contribution < -0.4 is 4.57 Å². The highest BCUT2D eigenvalue weighted by molar-refractivity contribution is 5.52. The van der Waals surface area contributed by atoms with E-state index in [1.165, 1.54) is 6.92 Å². The van der Waals surface area contributed by atoms with Gasteiger partial charge in [0, 0.05) is 18.1 Å². The first-order chi connectivity index (χ1) is 6.54. The SMILES string of the molecule is C/C(O)=C(/C#N)[n+]1cc(C)cc(C)c1. The Labute approximate surface area is 83.5 Å². The van der Waals surface area contributed by atoms with Crippen LogP contribution in [0.1, 0.15) is 18.1 Å². The number of allylic oxidation sites excluding steroid dienone is 2. The Balaban J connectivity index is 3.34. The van der Waals surface area contributed by atoms with Crippen LogP contribution in [0, 0.1) is 25.2 Å². The molecule has 3 nitrogen and oxygen atoms in total. The quantitative estimate of drug-likeness (QED) is 0.416. The summed E-state index contributed by atoms with van der Waals surface area (Å²) >= 11 is 0. The maximum Gasteiger partial charge on any atom is 0.326 e. The average molecular weight is 189 g/mol. The molecule has 0 spiro atoms. The summed E-state index contributed by atoms with van der Waals surface area (Å²) in [6, 6.07) is 3.98. The second-order valence-electron chi connectivity index (χ2n) is 3.34. The molecule has 0 aliphatic heterocycles. The number of hydrogen-bond acceptors (Lipinski definition) is 2. The van der Waals surface area contributed by atoms with Gasteiger partial charge in [-0.1, -0.05) is 0 Å². The molecule has 0 fully saturated rings. The first kappa shape index (κ1) is 10.3. The van der Waals surface area contributed by atoms with Crippen molar-refractivity contribution in [2.45, 2.75) is 20.8 Å². The van der Waals surface area contributed by atoms with Gasteiger partial charge in [-0.25, -0.2) is 0 Å². The van der Waals surface area contributed by atoms with E-state index in [0.29, 0.717) is 0 Å². The topological polar surface area (TPSA) is 47.9 Å². The highest BCUT2D eigenvalue weighted by Crippen LogP contribution is 2.03. The molecule has 0 amide bonds. The lowest BCUT2D eigenvalue weighted by atomic mass is 10.2. The zero-order valence-corrected chi connectivity index (χ0v) is 8.57. The van der Waals surface area contributed by atoms with Crippen LogP contribution in [-0.4, -0.2) is 5.11 Å². The maximum atomic E-state index is 9.28. The van der Waals surface area contributed by atoms with Crippen molar-refractivity contribution in [3.05, 3.63) is 35.3 Å². The zero-order chi connectivity index (χ0) is 10.7. The predicted molar refractivity (Wildman–Crippen MR) is 53.2 cm³/mol. The Kier molecular flexibility index (Phi) is 2.88. The smallest absolute Gasteiger partial charge is 0.326 e. The molecule has 0 saturated carbocycles. The predicted octanol–water partition coefficient (Wildman–Crippen LogP) is 1.86. The third-order valence-electron chi connectivity index (χ3n) is 1.85. The molecule has 0 atom stereocenters. The van der Waals surface area contributed by atoms with E-state index in [9.17, 15) is 5.11 Å². The molecule has 1 rings (SSSR count). The molecule has 0 aliphatic rings. The minimum atomic E-state index is 0.0301. The largest absolute Gasteiger partial charge is 0.506 e. The van der Waals surface area contributed by atoms with Gasteiger partial charge in [-0.2, -0.15) is 9.83 Å². The van der Waals surface area contributed by atoms with Crippen LogP contribution in [0.5, 0.6) is 0 Å². The summed E-state index contributed by atoms with van der Waals surface area (Å²) in [5.41, 5.74) is 2.37. The maximum absolute atomic E-state index is 9.28. The summed E-state index contributed by atoms with van der Waals surface area (Å²) in [6.45, 7) is 5.40. The molecule has 1 aromatic rings. The Hall–Kier alpha value is -1.82. The molecule has 0 bridgehead atoms. The summed E-state index contributed by atoms with van der Waals surface area (Å²) in [4.78, 5) is 0. The minimum Gasteiger partial charge on any atom is -0.506 e. The van der Waals surface area contributed by atoms with Gasteiger partial charge in [0.2, 0.25) is 0 Å². The molecule has 0 saturated heterocycles. The van der Waals surface area contributed by atoms with Gasteiger partial charge >= 0.3 is 5.70 Å². The molecule has 0 radical (unpaired) electrons. The van der Waals surface area contributed by atoms with Crippen LogP contribution in [0.3, 0.4) is 0 Å². The number of aromatic nitrogens is 1. The number of rotatable bonds is 1. The average Bonchev–Trinajstić information content (AvgIpc) is 2.02. The first-order valence-electron chi connectivity index (χ1n) is 4.34. The molecule has 14 heavy (non-hydrogen) atoms. The highest BCUT2D eigenvalue weighted by atomic mass is 16.3. The van der Waals surface area contributed by atoms with Crippen molar-refractivity contribution in [3.8, 4) is 6.07 Å². The van der Waals surface area contributed by atoms with E-state index in [1.807, 2.05) is 38.4 Å². The van der Waals surface area contributed by atoms with E-state index in [2.05, 4.69) is 0 Å². The molecule has 1 aromatic heterocycles. The second-order valence-corrected chi connectivity index (χ2v) is 3.34. The normalized spacial score (nSPS) is 11.9. The van der Waals surface area contributed by atoms with E-state index in [0.717, 1.165) is 11.1 Å². The molecular formula is C11H13N2O+. The van der Waals surface area contributed by atoms with E-state index in [1.54, 1.807) is 4.57 Å². The third-order valence-corrected chi connectivity index (χ3v) is 1.85. The number of aryl methyl sites for hydroxylation is 2. The lowest BCUT2D eigenvalue weighted by molar-refractivity contribution is -0.579. The van der Waals surface area contributed by atoms with Crippen molar-refractivity contribution in [3.63, 3.8) is 0 Å². The number of aliphatic hydroxyl groups excluding tert-OH is 1. The summed E-state index contributed by atoms with van der Waals surface area (Å²) in [6.07, 6.45) is 3.62. The fraction of sp³-hybridized carbons (Fsp3) is 0.273. The van der Waals surface area contributed by atoms with Crippen LogP contribution >= 0.6 is 0 Å². The van der Waals surface area contributed by atoms with Crippen molar-refractivity contribution < 1.29 is 9.67 Å². The third kappa shape index (κ3) is 2.11. The van der Waals surface area contributed by atoms with Crippen LogP contribution in [0.4, 0.5) is 0 Å². The molecule has 1 N–H and O–H groups in total. The Morgan fingerprint density at radius 3 is 2.21 bits per heavy atom. The minimum absolute atomic E-state index is 0.0301. The molecule has 3 heteroatoms. The Bertz CT molecular complexity index is 403. The summed E-state index contributed by atoms with van der Waals surface area (Å²) in [5.74, 6) is 0.0301. The van der Waals surface area contributed by atoms with Crippen LogP contribution in [-0.2, 0) is 0 Å². The fourth-order valence-electron chi connectivity index (χ4n) is 1.36. The fourth-order valence-corrected chi connectivity index (χ4v) is 1.36. The number of pyridine rings is 1. The van der Waals surface area contributed by atoms with Gasteiger partial charge < -0.3 is 5.11 Å². The van der Waals surface area contributed by atoms with Gasteiger partial charge in [0.25, 0.3) is 0 Å². The number of nitrogens with zero attached hydrogens (tertiary/aromatic N) is 2. The van der Waals surface area contributed by atoms with Gasteiger partial charge in [0.1, 0.15) is 0 Å². The van der Waals surface area contributed by atoms with Gasteiger partial charge in [-0.15, -0.1) is 0 Å². The molecule has 1 heterocycles. The molecule has 0 aromatic carbocycles. The van der Waals surface area contributed by atoms with E-state index in [4.69, 9.17) is 5.26 Å². The highest BCUT2D eigenvalue weighted by Gasteiger charge is 2.13. The second kappa shape index (κ2) is 3.93. The van der Waals surface area contributed by atoms with Gasteiger partial charge in [0.15, 0.2) is 24.2 Å². The number of nitriles is 1. The van der Waals surface area contributed by atoms with Crippen molar-refractivity contribution >= 4 is 5.70 Å². The molecule has 72 valence electrons. The Morgan fingerprint density at radius 2 is 1.86 bits per heavy atom. The summed E-state index contributed by atoms with van der Waals surface area (Å²) in [7, 11) is 0. The molecular weight excluding hydrogens is 176 g/mol. The number of aliphatic hydroxyl groups is 1. The first-order valence-corrected chi connectivity index (χ1v) is 4.34. The van der Waals surface area contributed by atoms with Crippen LogP contribution in [0.25, 0.3) is 5.70 Å². The van der Waals surface area contributed by atoms with Crippen molar-refractivity contribution in [1.82, 2.24) is 0 Å². The number of hydrogen-bond donors (Lipinski definition) is 1. The molecule has 0 aliphatic carbocycles. The Morgan fingerprint density at radius 1 is 1.36 bits per heavy atom. The van der Waals surface area contributed by atoms with Crippen LogP contribution in [0.2, 0.25) is 0 Å². The van der Waals surface area contributed by atoms with E-state index >= 15 is 0 Å². The van der Waals surface area contributed by atoms with Crippen LogP contribution in [0.15, 0.2) is 24.2 Å². The lowest BCUT2D eigenvalue weighted by Crippen LogP contribution is -2.32. The van der Waals surface area contributed by atoms with Gasteiger partial charge in [-0.05, 0) is 19.9 Å². The summed E-state index contributed by atoms with van der Waals surface area (Å²) < 4.78 is 1.64. The van der Waals surface area contributed by atoms with Crippen molar-refractivity contribution in [2.75, 3.05) is 0 Å². The van der Waals surface area contributed by atoms with Crippen molar-refractivity contribution in [2.24, 2.45) is 0 Å². The monoisotopic (exact) mass is 189 g/mol. The lowest BCUT2D eigenvalue weighted by Gasteiger charge is -1.97. The van der Waals surface area contributed by atoms with E-state index in [-0.39, 0.29) is 11.5 Å².